The Bertz CT molecular complexity index is 1240. The van der Waals surface area contributed by atoms with Gasteiger partial charge in [0.2, 0.25) is 0 Å². The number of hydrogen-bond donors (Lipinski definition) is 1. The molecule has 0 spiro atoms. The van der Waals surface area contributed by atoms with Gasteiger partial charge in [-0.2, -0.15) is 0 Å². The molecule has 1 aliphatic heterocycles. The van der Waals surface area contributed by atoms with E-state index in [0.29, 0.717) is 18.0 Å². The Balaban J connectivity index is 1.63. The second-order valence-corrected chi connectivity index (χ2v) is 7.14. The standard InChI is InChI=1S/C22H16N4O7/c27-21-13-33-20-7-6-16(10-19(20)24(21)12-14-4-2-1-3-5-14)23-22(28)15-8-17(25(29)30)11-18(9-15)26(31)32/h1-11H,12-13H2,(H,23,28). The number of nitro groups is 2. The summed E-state index contributed by atoms with van der Waals surface area (Å²) in [6.07, 6.45) is 0. The van der Waals surface area contributed by atoms with Crippen LogP contribution in [-0.4, -0.2) is 28.3 Å². The largest absolute Gasteiger partial charge is 0.482 e. The van der Waals surface area contributed by atoms with Crippen LogP contribution in [0.15, 0.2) is 66.7 Å². The number of hydrogen-bond acceptors (Lipinski definition) is 7. The predicted molar refractivity (Wildman–Crippen MR) is 117 cm³/mol. The van der Waals surface area contributed by atoms with E-state index in [1.807, 2.05) is 30.3 Å². The smallest absolute Gasteiger partial charge is 0.277 e. The molecule has 11 nitrogen and oxygen atoms in total. The number of carbonyl (C=O) groups excluding carboxylic acids is 2. The summed E-state index contributed by atoms with van der Waals surface area (Å²) in [6, 6.07) is 16.7. The SMILES string of the molecule is O=C(Nc1ccc2c(c1)N(Cc1ccccc1)C(=O)CO2)c1cc([N+](=O)[O-])cc([N+](=O)[O-])c1. The molecule has 0 aromatic heterocycles. The zero-order chi connectivity index (χ0) is 23.5. The lowest BCUT2D eigenvalue weighted by Gasteiger charge is -2.30. The summed E-state index contributed by atoms with van der Waals surface area (Å²) < 4.78 is 5.48. The van der Waals surface area contributed by atoms with Crippen LogP contribution in [0.3, 0.4) is 0 Å². The summed E-state index contributed by atoms with van der Waals surface area (Å²) in [5, 5.41) is 24.7. The van der Waals surface area contributed by atoms with Crippen LogP contribution in [0.5, 0.6) is 5.75 Å². The number of nitrogens with one attached hydrogen (secondary N) is 1. The molecule has 0 unspecified atom stereocenters. The molecule has 3 aromatic carbocycles. The van der Waals surface area contributed by atoms with Crippen molar-refractivity contribution in [2.24, 2.45) is 0 Å². The Hall–Kier alpha value is -4.80. The summed E-state index contributed by atoms with van der Waals surface area (Å²) in [7, 11) is 0. The van der Waals surface area contributed by atoms with E-state index in [1.54, 1.807) is 18.2 Å². The number of anilines is 2. The van der Waals surface area contributed by atoms with E-state index in [1.165, 1.54) is 4.90 Å². The molecule has 0 aliphatic carbocycles. The lowest BCUT2D eigenvalue weighted by atomic mass is 10.1. The topological polar surface area (TPSA) is 145 Å². The van der Waals surface area contributed by atoms with Crippen LogP contribution < -0.4 is 15.0 Å². The van der Waals surface area contributed by atoms with E-state index in [-0.39, 0.29) is 23.8 Å². The van der Waals surface area contributed by atoms with Gasteiger partial charge in [-0.1, -0.05) is 30.3 Å². The molecule has 166 valence electrons. The Kier molecular flexibility index (Phi) is 5.68. The van der Waals surface area contributed by atoms with Crippen molar-refractivity contribution in [3.05, 3.63) is 98.1 Å². The van der Waals surface area contributed by atoms with Crippen molar-refractivity contribution in [2.75, 3.05) is 16.8 Å². The van der Waals surface area contributed by atoms with Crippen LogP contribution in [-0.2, 0) is 11.3 Å². The lowest BCUT2D eigenvalue weighted by Crippen LogP contribution is -2.38. The molecule has 2 amide bonds. The average molecular weight is 448 g/mol. The number of ether oxygens (including phenoxy) is 1. The third-order valence-corrected chi connectivity index (χ3v) is 4.93. The first-order valence-corrected chi connectivity index (χ1v) is 9.68. The first kappa shape index (κ1) is 21.4. The molecule has 0 saturated carbocycles. The molecule has 33 heavy (non-hydrogen) atoms. The van der Waals surface area contributed by atoms with Gasteiger partial charge in [-0.3, -0.25) is 29.8 Å². The van der Waals surface area contributed by atoms with Crippen molar-refractivity contribution < 1.29 is 24.2 Å². The molecule has 0 saturated heterocycles. The third kappa shape index (κ3) is 4.61. The van der Waals surface area contributed by atoms with Gasteiger partial charge in [0.25, 0.3) is 23.2 Å². The van der Waals surface area contributed by atoms with Crippen molar-refractivity contribution in [1.29, 1.82) is 0 Å². The van der Waals surface area contributed by atoms with E-state index < -0.39 is 27.1 Å². The minimum Gasteiger partial charge on any atom is -0.482 e. The zero-order valence-corrected chi connectivity index (χ0v) is 17.0. The molecule has 3 aromatic rings. The predicted octanol–water partition coefficient (Wildman–Crippen LogP) is 3.68. The van der Waals surface area contributed by atoms with Gasteiger partial charge in [0.15, 0.2) is 6.61 Å². The van der Waals surface area contributed by atoms with E-state index in [2.05, 4.69) is 5.32 Å². The number of carbonyl (C=O) groups is 2. The fraction of sp³-hybridized carbons (Fsp3) is 0.0909. The quantitative estimate of drug-likeness (QED) is 0.447. The molecule has 1 heterocycles. The van der Waals surface area contributed by atoms with Gasteiger partial charge in [0.05, 0.1) is 33.7 Å². The van der Waals surface area contributed by atoms with Crippen LogP contribution in [0.4, 0.5) is 22.7 Å². The summed E-state index contributed by atoms with van der Waals surface area (Å²) in [5.74, 6) is -0.585. The third-order valence-electron chi connectivity index (χ3n) is 4.93. The van der Waals surface area contributed by atoms with Gasteiger partial charge in [0, 0.05) is 17.8 Å². The van der Waals surface area contributed by atoms with Crippen LogP contribution >= 0.6 is 0 Å². The van der Waals surface area contributed by atoms with Crippen LogP contribution in [0, 0.1) is 20.2 Å². The number of non-ortho nitro benzene ring substituents is 2. The summed E-state index contributed by atoms with van der Waals surface area (Å²) in [5.41, 5.74) is 0.224. The van der Waals surface area contributed by atoms with Crippen molar-refractivity contribution in [3.8, 4) is 5.75 Å². The van der Waals surface area contributed by atoms with Crippen molar-refractivity contribution in [2.45, 2.75) is 6.54 Å². The molecule has 0 atom stereocenters. The average Bonchev–Trinajstić information content (AvgIpc) is 2.81. The van der Waals surface area contributed by atoms with Crippen LogP contribution in [0.2, 0.25) is 0 Å². The number of rotatable bonds is 6. The van der Waals surface area contributed by atoms with Crippen molar-refractivity contribution in [3.63, 3.8) is 0 Å². The highest BCUT2D eigenvalue weighted by molar-refractivity contribution is 6.06. The number of amides is 2. The van der Waals surface area contributed by atoms with E-state index >= 15 is 0 Å². The highest BCUT2D eigenvalue weighted by atomic mass is 16.6. The fourth-order valence-corrected chi connectivity index (χ4v) is 3.36. The van der Waals surface area contributed by atoms with Crippen molar-refractivity contribution >= 4 is 34.6 Å². The lowest BCUT2D eigenvalue weighted by molar-refractivity contribution is -0.394. The van der Waals surface area contributed by atoms with E-state index in [0.717, 1.165) is 23.8 Å². The summed E-state index contributed by atoms with van der Waals surface area (Å²) in [6.45, 7) is 0.174. The molecule has 1 aliphatic rings. The number of fused-ring (bicyclic) bond motifs is 1. The van der Waals surface area contributed by atoms with Crippen molar-refractivity contribution in [1.82, 2.24) is 0 Å². The Morgan fingerprint density at radius 2 is 1.64 bits per heavy atom. The Morgan fingerprint density at radius 3 is 2.27 bits per heavy atom. The number of nitro benzene ring substituents is 2. The Morgan fingerprint density at radius 1 is 0.970 bits per heavy atom. The van der Waals surface area contributed by atoms with E-state index in [4.69, 9.17) is 4.74 Å². The minimum absolute atomic E-state index is 0.122. The molecule has 11 heteroatoms. The van der Waals surface area contributed by atoms with Gasteiger partial charge in [-0.25, -0.2) is 0 Å². The first-order valence-electron chi connectivity index (χ1n) is 9.68. The normalized spacial score (nSPS) is 12.5. The number of benzene rings is 3. The fourth-order valence-electron chi connectivity index (χ4n) is 3.36. The zero-order valence-electron chi connectivity index (χ0n) is 17.0. The highest BCUT2D eigenvalue weighted by Crippen LogP contribution is 2.36. The van der Waals surface area contributed by atoms with Crippen LogP contribution in [0.1, 0.15) is 15.9 Å². The maximum Gasteiger partial charge on any atom is 0.277 e. The van der Waals surface area contributed by atoms with Gasteiger partial charge in [0.1, 0.15) is 5.75 Å². The molecular weight excluding hydrogens is 432 g/mol. The first-order chi connectivity index (χ1) is 15.8. The van der Waals surface area contributed by atoms with Crippen LogP contribution in [0.25, 0.3) is 0 Å². The maximum absolute atomic E-state index is 12.7. The highest BCUT2D eigenvalue weighted by Gasteiger charge is 2.26. The second kappa shape index (κ2) is 8.75. The Labute approximate surface area is 186 Å². The van der Waals surface area contributed by atoms with Gasteiger partial charge < -0.3 is 15.0 Å². The minimum atomic E-state index is -0.812. The van der Waals surface area contributed by atoms with E-state index in [9.17, 15) is 29.8 Å². The second-order valence-electron chi connectivity index (χ2n) is 7.14. The molecule has 1 N–H and O–H groups in total. The monoisotopic (exact) mass is 448 g/mol. The molecular formula is C22H16N4O7. The van der Waals surface area contributed by atoms with Gasteiger partial charge in [-0.05, 0) is 23.8 Å². The molecule has 0 fully saturated rings. The number of nitrogens with zero attached hydrogens (tertiary/aromatic N) is 3. The van der Waals surface area contributed by atoms with Gasteiger partial charge in [-0.15, -0.1) is 0 Å². The summed E-state index contributed by atoms with van der Waals surface area (Å²) >= 11 is 0. The molecule has 0 radical (unpaired) electrons. The molecule has 4 rings (SSSR count). The molecule has 0 bridgehead atoms. The summed E-state index contributed by atoms with van der Waals surface area (Å²) in [4.78, 5) is 47.3. The van der Waals surface area contributed by atoms with Gasteiger partial charge >= 0.3 is 0 Å². The maximum atomic E-state index is 12.7.